The Morgan fingerprint density at radius 1 is 1.35 bits per heavy atom. The zero-order chi connectivity index (χ0) is 14.5. The van der Waals surface area contributed by atoms with Gasteiger partial charge in [-0.05, 0) is 23.6 Å². The van der Waals surface area contributed by atoms with Crippen LogP contribution in [0.4, 0.5) is 0 Å². The third-order valence-corrected chi connectivity index (χ3v) is 4.27. The smallest absolute Gasteiger partial charge is 0.160 e. The van der Waals surface area contributed by atoms with Crippen LogP contribution in [0.15, 0.2) is 18.2 Å². The number of hydrogen-bond acceptors (Lipinski definition) is 4. The van der Waals surface area contributed by atoms with Crippen LogP contribution in [-0.2, 0) is 0 Å². The van der Waals surface area contributed by atoms with E-state index in [2.05, 4.69) is 24.1 Å². The molecule has 1 fully saturated rings. The van der Waals surface area contributed by atoms with Gasteiger partial charge in [0.15, 0.2) is 11.5 Å². The summed E-state index contributed by atoms with van der Waals surface area (Å²) in [7, 11) is 1.60. The van der Waals surface area contributed by atoms with Crippen molar-refractivity contribution in [3.8, 4) is 11.5 Å². The summed E-state index contributed by atoms with van der Waals surface area (Å²) in [6.45, 7) is 8.75. The molecule has 0 bridgehead atoms. The van der Waals surface area contributed by atoms with Crippen LogP contribution in [0.1, 0.15) is 31.9 Å². The first-order chi connectivity index (χ1) is 9.67. The first-order valence-electron chi connectivity index (χ1n) is 7.49. The lowest BCUT2D eigenvalue weighted by Crippen LogP contribution is -2.46. The molecule has 0 spiro atoms. The highest BCUT2D eigenvalue weighted by Gasteiger charge is 2.27. The van der Waals surface area contributed by atoms with Crippen molar-refractivity contribution in [2.45, 2.75) is 26.3 Å². The molecule has 1 aliphatic heterocycles. The largest absolute Gasteiger partial charge is 0.504 e. The van der Waals surface area contributed by atoms with E-state index in [4.69, 9.17) is 4.74 Å². The zero-order valence-electron chi connectivity index (χ0n) is 12.7. The number of ether oxygens (including phenoxy) is 1. The summed E-state index contributed by atoms with van der Waals surface area (Å²) in [5.41, 5.74) is 1.23. The van der Waals surface area contributed by atoms with Gasteiger partial charge in [0.2, 0.25) is 0 Å². The van der Waals surface area contributed by atoms with E-state index in [0.717, 1.165) is 32.6 Å². The van der Waals surface area contributed by atoms with E-state index >= 15 is 0 Å². The molecule has 20 heavy (non-hydrogen) atoms. The van der Waals surface area contributed by atoms with E-state index in [0.29, 0.717) is 17.7 Å². The van der Waals surface area contributed by atoms with Gasteiger partial charge in [-0.15, -0.1) is 0 Å². The number of rotatable bonds is 5. The van der Waals surface area contributed by atoms with Crippen molar-refractivity contribution in [2.75, 3.05) is 33.3 Å². The first-order valence-corrected chi connectivity index (χ1v) is 7.49. The number of nitrogens with one attached hydrogen (secondary N) is 1. The molecule has 112 valence electrons. The quantitative estimate of drug-likeness (QED) is 0.868. The maximum Gasteiger partial charge on any atom is 0.160 e. The Bertz CT molecular complexity index is 430. The predicted molar refractivity (Wildman–Crippen MR) is 81.3 cm³/mol. The molecule has 0 saturated carbocycles. The van der Waals surface area contributed by atoms with E-state index in [1.807, 2.05) is 12.1 Å². The predicted octanol–water partition coefficient (Wildman–Crippen LogP) is 2.39. The van der Waals surface area contributed by atoms with Crippen LogP contribution in [0.25, 0.3) is 0 Å². The first kappa shape index (κ1) is 15.1. The molecule has 2 atom stereocenters. The van der Waals surface area contributed by atoms with Crippen LogP contribution in [0.5, 0.6) is 11.5 Å². The molecular weight excluding hydrogens is 252 g/mol. The van der Waals surface area contributed by atoms with Crippen molar-refractivity contribution >= 4 is 0 Å². The molecule has 0 radical (unpaired) electrons. The average Bonchev–Trinajstić information content (AvgIpc) is 2.50. The lowest BCUT2D eigenvalue weighted by Gasteiger charge is -2.38. The number of piperazine rings is 1. The minimum Gasteiger partial charge on any atom is -0.504 e. The van der Waals surface area contributed by atoms with Crippen LogP contribution < -0.4 is 10.1 Å². The Morgan fingerprint density at radius 2 is 2.05 bits per heavy atom. The SMILES string of the molecule is CCC(C)[C@H](c1ccc(O)c(OC)c1)N1CCNCC1. The van der Waals surface area contributed by atoms with Crippen molar-refractivity contribution in [3.05, 3.63) is 23.8 Å². The highest BCUT2D eigenvalue weighted by molar-refractivity contribution is 5.42. The number of nitrogens with zero attached hydrogens (tertiary/aromatic N) is 1. The number of methoxy groups -OCH3 is 1. The van der Waals surface area contributed by atoms with Crippen molar-refractivity contribution in [2.24, 2.45) is 5.92 Å². The van der Waals surface area contributed by atoms with Crippen LogP contribution in [0, 0.1) is 5.92 Å². The van der Waals surface area contributed by atoms with Crippen molar-refractivity contribution < 1.29 is 9.84 Å². The maximum atomic E-state index is 9.77. The van der Waals surface area contributed by atoms with Crippen LogP contribution in [-0.4, -0.2) is 43.3 Å². The summed E-state index contributed by atoms with van der Waals surface area (Å²) in [6.07, 6.45) is 1.14. The molecule has 0 aromatic heterocycles. The van der Waals surface area contributed by atoms with E-state index in [1.54, 1.807) is 13.2 Å². The summed E-state index contributed by atoms with van der Waals surface area (Å²) < 4.78 is 5.26. The summed E-state index contributed by atoms with van der Waals surface area (Å²) in [6, 6.07) is 6.13. The third-order valence-electron chi connectivity index (χ3n) is 4.27. The fourth-order valence-electron chi connectivity index (χ4n) is 2.96. The molecule has 1 unspecified atom stereocenters. The van der Waals surface area contributed by atoms with E-state index in [9.17, 15) is 5.11 Å². The number of phenols is 1. The molecule has 2 N–H and O–H groups in total. The monoisotopic (exact) mass is 278 g/mol. The molecule has 1 aliphatic rings. The van der Waals surface area contributed by atoms with E-state index in [1.165, 1.54) is 5.56 Å². The van der Waals surface area contributed by atoms with Crippen molar-refractivity contribution in [3.63, 3.8) is 0 Å². The van der Waals surface area contributed by atoms with Crippen LogP contribution in [0.3, 0.4) is 0 Å². The third kappa shape index (κ3) is 3.25. The Balaban J connectivity index is 2.30. The number of hydrogen-bond donors (Lipinski definition) is 2. The van der Waals surface area contributed by atoms with Gasteiger partial charge in [0, 0.05) is 32.2 Å². The van der Waals surface area contributed by atoms with E-state index < -0.39 is 0 Å². The second kappa shape index (κ2) is 6.95. The number of phenolic OH excluding ortho intramolecular Hbond substituents is 1. The summed E-state index contributed by atoms with van der Waals surface area (Å²) in [5, 5.41) is 13.2. The Hall–Kier alpha value is -1.26. The molecule has 1 heterocycles. The van der Waals surface area contributed by atoms with Gasteiger partial charge in [-0.3, -0.25) is 4.90 Å². The van der Waals surface area contributed by atoms with Crippen molar-refractivity contribution in [1.82, 2.24) is 10.2 Å². The highest BCUT2D eigenvalue weighted by atomic mass is 16.5. The van der Waals surface area contributed by atoms with Crippen molar-refractivity contribution in [1.29, 1.82) is 0 Å². The highest BCUT2D eigenvalue weighted by Crippen LogP contribution is 2.35. The van der Waals surface area contributed by atoms with Gasteiger partial charge in [0.1, 0.15) is 0 Å². The topological polar surface area (TPSA) is 44.7 Å². The van der Waals surface area contributed by atoms with Gasteiger partial charge in [-0.2, -0.15) is 0 Å². The summed E-state index contributed by atoms with van der Waals surface area (Å²) in [4.78, 5) is 2.54. The van der Waals surface area contributed by atoms with Gasteiger partial charge in [-0.1, -0.05) is 26.3 Å². The molecular formula is C16H26N2O2. The maximum absolute atomic E-state index is 9.77. The fraction of sp³-hybridized carbons (Fsp3) is 0.625. The zero-order valence-corrected chi connectivity index (χ0v) is 12.7. The number of benzene rings is 1. The second-order valence-corrected chi connectivity index (χ2v) is 5.55. The lowest BCUT2D eigenvalue weighted by molar-refractivity contribution is 0.128. The normalized spacial score (nSPS) is 19.6. The molecule has 2 rings (SSSR count). The lowest BCUT2D eigenvalue weighted by atomic mass is 9.90. The van der Waals surface area contributed by atoms with Gasteiger partial charge >= 0.3 is 0 Å². The standard InChI is InChI=1S/C16H26N2O2/c1-4-12(2)16(18-9-7-17-8-10-18)13-5-6-14(19)15(11-13)20-3/h5-6,11-12,16-17,19H,4,7-10H2,1-3H3/t12?,16-/m1/s1. The van der Waals surface area contributed by atoms with Gasteiger partial charge in [0.05, 0.1) is 7.11 Å². The number of aromatic hydroxyl groups is 1. The van der Waals surface area contributed by atoms with Crippen LogP contribution >= 0.6 is 0 Å². The minimum atomic E-state index is 0.208. The fourth-order valence-corrected chi connectivity index (χ4v) is 2.96. The molecule has 4 nitrogen and oxygen atoms in total. The molecule has 1 aromatic rings. The Morgan fingerprint density at radius 3 is 2.65 bits per heavy atom. The molecule has 1 saturated heterocycles. The average molecular weight is 278 g/mol. The Kier molecular flexibility index (Phi) is 5.26. The summed E-state index contributed by atoms with van der Waals surface area (Å²) in [5.74, 6) is 1.34. The minimum absolute atomic E-state index is 0.208. The molecule has 1 aromatic carbocycles. The summed E-state index contributed by atoms with van der Waals surface area (Å²) >= 11 is 0. The second-order valence-electron chi connectivity index (χ2n) is 5.55. The molecule has 4 heteroatoms. The van der Waals surface area contributed by atoms with Gasteiger partial charge in [-0.25, -0.2) is 0 Å². The molecule has 0 aliphatic carbocycles. The van der Waals surface area contributed by atoms with E-state index in [-0.39, 0.29) is 5.75 Å². The Labute approximate surface area is 121 Å². The van der Waals surface area contributed by atoms with Gasteiger partial charge in [0.25, 0.3) is 0 Å². The van der Waals surface area contributed by atoms with Gasteiger partial charge < -0.3 is 15.2 Å². The molecule has 0 amide bonds. The van der Waals surface area contributed by atoms with Crippen LogP contribution in [0.2, 0.25) is 0 Å².